The molecule has 2 amide bonds. The van der Waals surface area contributed by atoms with Crippen LogP contribution in [0.15, 0.2) is 77.4 Å². The van der Waals surface area contributed by atoms with Crippen LogP contribution in [0.2, 0.25) is 0 Å². The fraction of sp³-hybridized carbons (Fsp3) is 0.280. The maximum Gasteiger partial charge on any atom is 0.287 e. The molecule has 0 bridgehead atoms. The van der Waals surface area contributed by atoms with Gasteiger partial charge < -0.3 is 24.3 Å². The Kier molecular flexibility index (Phi) is 6.75. The van der Waals surface area contributed by atoms with Crippen LogP contribution >= 0.6 is 0 Å². The van der Waals surface area contributed by atoms with Crippen molar-refractivity contribution in [1.29, 1.82) is 0 Å². The van der Waals surface area contributed by atoms with Gasteiger partial charge in [0.1, 0.15) is 11.8 Å². The Hall–Kier alpha value is -3.74. The van der Waals surface area contributed by atoms with E-state index >= 15 is 0 Å². The number of methoxy groups -OCH3 is 1. The summed E-state index contributed by atoms with van der Waals surface area (Å²) in [6, 6.07) is 20.2. The highest BCUT2D eigenvalue weighted by Gasteiger charge is 2.29. The van der Waals surface area contributed by atoms with Crippen LogP contribution in [0.5, 0.6) is 5.75 Å². The van der Waals surface area contributed by atoms with E-state index in [0.717, 1.165) is 30.1 Å². The van der Waals surface area contributed by atoms with E-state index in [-0.39, 0.29) is 17.6 Å². The van der Waals surface area contributed by atoms with Crippen LogP contribution in [0.4, 0.5) is 5.69 Å². The quantitative estimate of drug-likeness (QED) is 0.620. The predicted molar refractivity (Wildman–Crippen MR) is 122 cm³/mol. The molecule has 0 spiro atoms. The zero-order valence-electron chi connectivity index (χ0n) is 18.1. The number of furan rings is 1. The molecular weight excluding hydrogens is 406 g/mol. The largest absolute Gasteiger partial charge is 0.497 e. The second-order valence-electron chi connectivity index (χ2n) is 7.70. The number of nitrogens with zero attached hydrogens (tertiary/aromatic N) is 2. The summed E-state index contributed by atoms with van der Waals surface area (Å²) in [5.74, 6) is 0.545. The third-order valence-electron chi connectivity index (χ3n) is 5.66. The Labute approximate surface area is 187 Å². The van der Waals surface area contributed by atoms with Crippen LogP contribution < -0.4 is 15.0 Å². The number of ether oxygens (including phenoxy) is 1. The lowest BCUT2D eigenvalue weighted by molar-refractivity contribution is -0.133. The van der Waals surface area contributed by atoms with Crippen LogP contribution in [-0.4, -0.2) is 56.0 Å². The first-order valence-corrected chi connectivity index (χ1v) is 10.7. The number of hydrogen-bond donors (Lipinski definition) is 1. The number of anilines is 1. The minimum atomic E-state index is -0.664. The van der Waals surface area contributed by atoms with Crippen LogP contribution in [0.25, 0.3) is 0 Å². The van der Waals surface area contributed by atoms with Crippen LogP contribution in [0, 0.1) is 0 Å². The Balaban J connectivity index is 1.42. The van der Waals surface area contributed by atoms with Gasteiger partial charge in [0.2, 0.25) is 5.91 Å². The molecule has 1 aromatic heterocycles. The molecule has 1 aliphatic rings. The van der Waals surface area contributed by atoms with Crippen molar-refractivity contribution in [2.45, 2.75) is 12.5 Å². The lowest BCUT2D eigenvalue weighted by atomic mass is 10.0. The number of rotatable bonds is 7. The van der Waals surface area contributed by atoms with Crippen molar-refractivity contribution >= 4 is 17.5 Å². The lowest BCUT2D eigenvalue weighted by Gasteiger charge is -2.37. The molecule has 4 rings (SSSR count). The van der Waals surface area contributed by atoms with E-state index < -0.39 is 6.04 Å². The second-order valence-corrected chi connectivity index (χ2v) is 7.70. The molecule has 2 heterocycles. The van der Waals surface area contributed by atoms with Gasteiger partial charge in [0.25, 0.3) is 5.91 Å². The maximum absolute atomic E-state index is 13.4. The zero-order chi connectivity index (χ0) is 22.3. The van der Waals surface area contributed by atoms with E-state index in [1.165, 1.54) is 6.26 Å². The molecule has 1 fully saturated rings. The van der Waals surface area contributed by atoms with Crippen LogP contribution in [-0.2, 0) is 11.2 Å². The Morgan fingerprint density at radius 3 is 2.31 bits per heavy atom. The summed E-state index contributed by atoms with van der Waals surface area (Å²) in [6.45, 7) is 2.63. The third-order valence-corrected chi connectivity index (χ3v) is 5.66. The summed E-state index contributed by atoms with van der Waals surface area (Å²) in [5.41, 5.74) is 2.09. The molecule has 3 aromatic rings. The Bertz CT molecular complexity index is 1010. The zero-order valence-corrected chi connectivity index (χ0v) is 18.1. The molecule has 1 saturated heterocycles. The van der Waals surface area contributed by atoms with E-state index in [1.807, 2.05) is 59.5 Å². The van der Waals surface area contributed by atoms with E-state index in [0.29, 0.717) is 19.5 Å². The Morgan fingerprint density at radius 2 is 1.69 bits per heavy atom. The first-order valence-electron chi connectivity index (χ1n) is 10.7. The molecular formula is C25H27N3O4. The van der Waals surface area contributed by atoms with Crippen molar-refractivity contribution in [3.05, 3.63) is 84.3 Å². The summed E-state index contributed by atoms with van der Waals surface area (Å²) in [5, 5.41) is 2.87. The van der Waals surface area contributed by atoms with Gasteiger partial charge in [-0.2, -0.15) is 0 Å². The predicted octanol–water partition coefficient (Wildman–Crippen LogP) is 2.98. The fourth-order valence-electron chi connectivity index (χ4n) is 3.89. The Morgan fingerprint density at radius 1 is 0.969 bits per heavy atom. The highest BCUT2D eigenvalue weighted by molar-refractivity contribution is 5.95. The van der Waals surface area contributed by atoms with Crippen molar-refractivity contribution < 1.29 is 18.7 Å². The van der Waals surface area contributed by atoms with Gasteiger partial charge in [-0.3, -0.25) is 9.59 Å². The molecule has 1 atom stereocenters. The number of carbonyl (C=O) groups excluding carboxylic acids is 2. The van der Waals surface area contributed by atoms with Gasteiger partial charge in [-0.25, -0.2) is 0 Å². The number of hydrogen-bond acceptors (Lipinski definition) is 5. The highest BCUT2D eigenvalue weighted by Crippen LogP contribution is 2.21. The SMILES string of the molecule is COc1ccc(N2CCN(C(=O)[C@H](Cc3ccccc3)NC(=O)c3ccco3)CC2)cc1. The van der Waals surface area contributed by atoms with Gasteiger partial charge >= 0.3 is 0 Å². The number of carbonyl (C=O) groups is 2. The van der Waals surface area contributed by atoms with Gasteiger partial charge in [-0.15, -0.1) is 0 Å². The van der Waals surface area contributed by atoms with Crippen molar-refractivity contribution in [3.63, 3.8) is 0 Å². The van der Waals surface area contributed by atoms with E-state index in [2.05, 4.69) is 10.2 Å². The van der Waals surface area contributed by atoms with Crippen LogP contribution in [0.3, 0.4) is 0 Å². The topological polar surface area (TPSA) is 75.0 Å². The normalized spacial score (nSPS) is 14.7. The molecule has 32 heavy (non-hydrogen) atoms. The molecule has 7 nitrogen and oxygen atoms in total. The number of benzene rings is 2. The molecule has 166 valence electrons. The summed E-state index contributed by atoms with van der Waals surface area (Å²) in [4.78, 5) is 30.0. The van der Waals surface area contributed by atoms with Crippen molar-refractivity contribution in [1.82, 2.24) is 10.2 Å². The number of piperazine rings is 1. The first kappa shape index (κ1) is 21.5. The van der Waals surface area contributed by atoms with Gasteiger partial charge in [-0.1, -0.05) is 30.3 Å². The van der Waals surface area contributed by atoms with E-state index in [1.54, 1.807) is 19.2 Å². The van der Waals surface area contributed by atoms with E-state index in [4.69, 9.17) is 9.15 Å². The minimum Gasteiger partial charge on any atom is -0.497 e. The summed E-state index contributed by atoms with van der Waals surface area (Å²) >= 11 is 0. The van der Waals surface area contributed by atoms with Crippen molar-refractivity contribution in [2.75, 3.05) is 38.2 Å². The van der Waals surface area contributed by atoms with Crippen LogP contribution in [0.1, 0.15) is 16.1 Å². The van der Waals surface area contributed by atoms with Crippen molar-refractivity contribution in [2.24, 2.45) is 0 Å². The summed E-state index contributed by atoms with van der Waals surface area (Å²) in [6.07, 6.45) is 1.87. The van der Waals surface area contributed by atoms with E-state index in [9.17, 15) is 9.59 Å². The molecule has 0 aliphatic carbocycles. The summed E-state index contributed by atoms with van der Waals surface area (Å²) < 4.78 is 10.4. The third kappa shape index (κ3) is 5.11. The standard InChI is InChI=1S/C25H27N3O4/c1-31-21-11-9-20(10-12-21)27-13-15-28(16-14-27)25(30)22(18-19-6-3-2-4-7-19)26-24(29)23-8-5-17-32-23/h2-12,17,22H,13-16,18H2,1H3,(H,26,29)/t22-/m0/s1. The fourth-order valence-corrected chi connectivity index (χ4v) is 3.89. The van der Waals surface area contributed by atoms with Crippen molar-refractivity contribution in [3.8, 4) is 5.75 Å². The van der Waals surface area contributed by atoms with Gasteiger partial charge in [-0.05, 0) is 42.0 Å². The molecule has 0 radical (unpaired) electrons. The molecule has 1 N–H and O–H groups in total. The number of nitrogens with one attached hydrogen (secondary N) is 1. The number of amides is 2. The van der Waals surface area contributed by atoms with Gasteiger partial charge in [0, 0.05) is 38.3 Å². The average Bonchev–Trinajstić information content (AvgIpc) is 3.39. The first-order chi connectivity index (χ1) is 15.6. The molecule has 0 unspecified atom stereocenters. The monoisotopic (exact) mass is 433 g/mol. The maximum atomic E-state index is 13.4. The smallest absolute Gasteiger partial charge is 0.287 e. The summed E-state index contributed by atoms with van der Waals surface area (Å²) in [7, 11) is 1.65. The highest BCUT2D eigenvalue weighted by atomic mass is 16.5. The molecule has 0 saturated carbocycles. The molecule has 2 aromatic carbocycles. The molecule has 1 aliphatic heterocycles. The average molecular weight is 434 g/mol. The minimum absolute atomic E-state index is 0.0804. The lowest BCUT2D eigenvalue weighted by Crippen LogP contribution is -2.55. The van der Waals surface area contributed by atoms with Gasteiger partial charge in [0.15, 0.2) is 5.76 Å². The molecule has 7 heteroatoms. The second kappa shape index (κ2) is 10.0. The van der Waals surface area contributed by atoms with Gasteiger partial charge in [0.05, 0.1) is 13.4 Å².